The second kappa shape index (κ2) is 7.89. The Morgan fingerprint density at radius 2 is 1.65 bits per heavy atom. The Morgan fingerprint density at radius 3 is 2.39 bits per heavy atom. The van der Waals surface area contributed by atoms with E-state index in [2.05, 4.69) is 12.1 Å². The van der Waals surface area contributed by atoms with Crippen LogP contribution in [-0.2, 0) is 4.74 Å². The number of ether oxygens (including phenoxy) is 1. The molecular weight excluding hydrogens is 408 g/mol. The van der Waals surface area contributed by atoms with Crippen molar-refractivity contribution < 1.29 is 9.53 Å². The van der Waals surface area contributed by atoms with Crippen LogP contribution in [0.4, 0.5) is 0 Å². The quantitative estimate of drug-likeness (QED) is 0.302. The van der Waals surface area contributed by atoms with Gasteiger partial charge in [-0.2, -0.15) is 0 Å². The minimum absolute atomic E-state index is 0.299. The molecular formula is C26H19ClN2O2. The number of hydrogen-bond donors (Lipinski definition) is 0. The third-order valence-electron chi connectivity index (χ3n) is 5.28. The molecule has 152 valence electrons. The second-order valence-corrected chi connectivity index (χ2v) is 7.61. The van der Waals surface area contributed by atoms with Gasteiger partial charge in [-0.1, -0.05) is 72.3 Å². The molecule has 0 saturated carbocycles. The van der Waals surface area contributed by atoms with Gasteiger partial charge in [0.05, 0.1) is 23.5 Å². The maximum Gasteiger partial charge on any atom is 0.342 e. The average Bonchev–Trinajstić information content (AvgIpc) is 3.14. The molecule has 2 aromatic heterocycles. The Morgan fingerprint density at radius 1 is 0.935 bits per heavy atom. The third kappa shape index (κ3) is 3.35. The highest BCUT2D eigenvalue weighted by Crippen LogP contribution is 2.34. The molecule has 5 heteroatoms. The molecule has 2 heterocycles. The number of halogens is 1. The lowest BCUT2D eigenvalue weighted by molar-refractivity contribution is 0.0530. The maximum atomic E-state index is 13.0. The molecule has 3 aromatic carbocycles. The topological polar surface area (TPSA) is 43.6 Å². The van der Waals surface area contributed by atoms with Crippen molar-refractivity contribution in [2.24, 2.45) is 0 Å². The first-order valence-electron chi connectivity index (χ1n) is 10.1. The standard InChI is InChI=1S/C26H19ClN2O2/c1-2-31-26(30)24-20-10-6-7-11-22(20)29-23(18-8-4-3-5-9-18)16-21(28-25(24)29)17-12-14-19(27)15-13-17/h3-16H,2H2,1H3. The minimum atomic E-state index is -0.374. The summed E-state index contributed by atoms with van der Waals surface area (Å²) in [6, 6.07) is 27.5. The van der Waals surface area contributed by atoms with E-state index in [9.17, 15) is 4.79 Å². The summed E-state index contributed by atoms with van der Waals surface area (Å²) in [5.41, 5.74) is 5.62. The second-order valence-electron chi connectivity index (χ2n) is 7.17. The summed E-state index contributed by atoms with van der Waals surface area (Å²) < 4.78 is 7.44. The van der Waals surface area contributed by atoms with E-state index in [1.807, 2.05) is 77.2 Å². The third-order valence-corrected chi connectivity index (χ3v) is 5.53. The van der Waals surface area contributed by atoms with E-state index in [4.69, 9.17) is 21.3 Å². The zero-order chi connectivity index (χ0) is 21.4. The van der Waals surface area contributed by atoms with Crippen LogP contribution in [0.25, 0.3) is 39.1 Å². The molecule has 0 bridgehead atoms. The van der Waals surface area contributed by atoms with Gasteiger partial charge >= 0.3 is 5.97 Å². The number of rotatable bonds is 4. The van der Waals surface area contributed by atoms with Crippen molar-refractivity contribution >= 4 is 34.1 Å². The molecule has 0 spiro atoms. The van der Waals surface area contributed by atoms with Crippen LogP contribution in [0.3, 0.4) is 0 Å². The number of para-hydroxylation sites is 1. The Bertz CT molecular complexity index is 1410. The maximum absolute atomic E-state index is 13.0. The van der Waals surface area contributed by atoms with Gasteiger partial charge in [-0.05, 0) is 36.8 Å². The summed E-state index contributed by atoms with van der Waals surface area (Å²) in [6.45, 7) is 2.10. The fourth-order valence-corrected chi connectivity index (χ4v) is 4.04. The first-order chi connectivity index (χ1) is 15.2. The SMILES string of the molecule is CCOC(=O)c1c2ccccc2n2c(-c3ccccc3)cc(-c3ccc(Cl)cc3)nc12. The first-order valence-corrected chi connectivity index (χ1v) is 10.5. The van der Waals surface area contributed by atoms with Crippen molar-refractivity contribution in [2.75, 3.05) is 6.61 Å². The number of nitrogens with zero attached hydrogens (tertiary/aromatic N) is 2. The summed E-state index contributed by atoms with van der Waals surface area (Å²) in [7, 11) is 0. The molecule has 0 unspecified atom stereocenters. The van der Waals surface area contributed by atoms with Gasteiger partial charge < -0.3 is 4.74 Å². The van der Waals surface area contributed by atoms with Gasteiger partial charge in [0.2, 0.25) is 0 Å². The predicted octanol–water partition coefficient (Wildman–Crippen LogP) is 6.65. The molecule has 0 fully saturated rings. The number of hydrogen-bond acceptors (Lipinski definition) is 3. The number of carbonyl (C=O) groups is 1. The van der Waals surface area contributed by atoms with E-state index in [1.165, 1.54) is 0 Å². The molecule has 0 N–H and O–H groups in total. The summed E-state index contributed by atoms with van der Waals surface area (Å²) >= 11 is 6.09. The van der Waals surface area contributed by atoms with E-state index < -0.39 is 0 Å². The van der Waals surface area contributed by atoms with Crippen molar-refractivity contribution in [1.82, 2.24) is 9.38 Å². The zero-order valence-corrected chi connectivity index (χ0v) is 17.6. The van der Waals surface area contributed by atoms with E-state index >= 15 is 0 Å². The lowest BCUT2D eigenvalue weighted by Gasteiger charge is -2.11. The van der Waals surface area contributed by atoms with Crippen LogP contribution in [0.2, 0.25) is 5.02 Å². The number of fused-ring (bicyclic) bond motifs is 3. The lowest BCUT2D eigenvalue weighted by atomic mass is 10.1. The molecule has 0 aliphatic carbocycles. The minimum Gasteiger partial charge on any atom is -0.462 e. The Kier molecular flexibility index (Phi) is 4.92. The van der Waals surface area contributed by atoms with Crippen molar-refractivity contribution in [3.63, 3.8) is 0 Å². The Labute approximate surface area is 184 Å². The van der Waals surface area contributed by atoms with Crippen LogP contribution in [0, 0.1) is 0 Å². The molecule has 0 saturated heterocycles. The number of carbonyl (C=O) groups excluding carboxylic acids is 1. The fraction of sp³-hybridized carbons (Fsp3) is 0.0769. The van der Waals surface area contributed by atoms with Gasteiger partial charge in [0.15, 0.2) is 5.65 Å². The summed E-state index contributed by atoms with van der Waals surface area (Å²) in [5.74, 6) is -0.374. The summed E-state index contributed by atoms with van der Waals surface area (Å²) in [5, 5.41) is 1.48. The van der Waals surface area contributed by atoms with Gasteiger partial charge in [0.1, 0.15) is 5.56 Å². The molecule has 4 nitrogen and oxygen atoms in total. The number of esters is 1. The summed E-state index contributed by atoms with van der Waals surface area (Å²) in [4.78, 5) is 17.9. The van der Waals surface area contributed by atoms with Crippen molar-refractivity contribution in [3.05, 3.63) is 95.5 Å². The monoisotopic (exact) mass is 426 g/mol. The highest BCUT2D eigenvalue weighted by atomic mass is 35.5. The van der Waals surface area contributed by atoms with Gasteiger partial charge in [-0.25, -0.2) is 9.78 Å². The average molecular weight is 427 g/mol. The normalized spacial score (nSPS) is 11.2. The predicted molar refractivity (Wildman–Crippen MR) is 125 cm³/mol. The Hall–Kier alpha value is -3.63. The fourth-order valence-electron chi connectivity index (χ4n) is 3.91. The van der Waals surface area contributed by atoms with Crippen LogP contribution >= 0.6 is 11.6 Å². The number of aromatic nitrogens is 2. The van der Waals surface area contributed by atoms with E-state index in [0.717, 1.165) is 33.4 Å². The highest BCUT2D eigenvalue weighted by molar-refractivity contribution is 6.30. The summed E-state index contributed by atoms with van der Waals surface area (Å²) in [6.07, 6.45) is 0. The van der Waals surface area contributed by atoms with Gasteiger partial charge in [0, 0.05) is 16.0 Å². The first kappa shape index (κ1) is 19.3. The molecule has 0 radical (unpaired) electrons. The van der Waals surface area contributed by atoms with Crippen LogP contribution in [0.15, 0.2) is 84.9 Å². The lowest BCUT2D eigenvalue weighted by Crippen LogP contribution is -2.06. The van der Waals surface area contributed by atoms with Crippen molar-refractivity contribution in [2.45, 2.75) is 6.92 Å². The van der Waals surface area contributed by atoms with Crippen LogP contribution < -0.4 is 0 Å². The smallest absolute Gasteiger partial charge is 0.342 e. The molecule has 0 amide bonds. The van der Waals surface area contributed by atoms with E-state index in [-0.39, 0.29) is 5.97 Å². The molecule has 0 aliphatic rings. The van der Waals surface area contributed by atoms with Crippen molar-refractivity contribution in [1.29, 1.82) is 0 Å². The van der Waals surface area contributed by atoms with Gasteiger partial charge in [0.25, 0.3) is 0 Å². The molecule has 5 aromatic rings. The van der Waals surface area contributed by atoms with Crippen LogP contribution in [0.5, 0.6) is 0 Å². The van der Waals surface area contributed by atoms with Crippen LogP contribution in [0.1, 0.15) is 17.3 Å². The largest absolute Gasteiger partial charge is 0.462 e. The molecule has 5 rings (SSSR count). The van der Waals surface area contributed by atoms with E-state index in [0.29, 0.717) is 22.8 Å². The molecule has 31 heavy (non-hydrogen) atoms. The van der Waals surface area contributed by atoms with Crippen molar-refractivity contribution in [3.8, 4) is 22.5 Å². The molecule has 0 atom stereocenters. The van der Waals surface area contributed by atoms with Crippen LogP contribution in [-0.4, -0.2) is 22.0 Å². The van der Waals surface area contributed by atoms with E-state index in [1.54, 1.807) is 6.92 Å². The van der Waals surface area contributed by atoms with Gasteiger partial charge in [-0.3, -0.25) is 4.40 Å². The zero-order valence-electron chi connectivity index (χ0n) is 16.9. The Balaban J connectivity index is 1.92. The molecule has 0 aliphatic heterocycles. The number of benzene rings is 3. The van der Waals surface area contributed by atoms with Gasteiger partial charge in [-0.15, -0.1) is 0 Å². The highest BCUT2D eigenvalue weighted by Gasteiger charge is 2.23.